The molecule has 53 heavy (non-hydrogen) atoms. The van der Waals surface area contributed by atoms with Gasteiger partial charge in [-0.2, -0.15) is 0 Å². The van der Waals surface area contributed by atoms with Crippen LogP contribution in [0.3, 0.4) is 0 Å². The van der Waals surface area contributed by atoms with Crippen LogP contribution >= 0.6 is 55.1 Å². The first-order chi connectivity index (χ1) is 25.3. The lowest BCUT2D eigenvalue weighted by molar-refractivity contribution is -0.144. The minimum atomic E-state index is -2.14. The number of amides is 4. The van der Waals surface area contributed by atoms with E-state index in [-0.39, 0.29) is 52.4 Å². The number of aromatic hydroxyl groups is 1. The number of phenolic OH excluding ortho intramolecular Hbond substituents is 1. The van der Waals surface area contributed by atoms with Gasteiger partial charge >= 0.3 is 0 Å². The maximum atomic E-state index is 14.7. The Bertz CT molecular complexity index is 2080. The van der Waals surface area contributed by atoms with Gasteiger partial charge < -0.3 is 9.84 Å². The molecule has 3 aromatic carbocycles. The molecule has 0 radical (unpaired) electrons. The van der Waals surface area contributed by atoms with Crippen molar-refractivity contribution in [1.29, 1.82) is 0 Å². The number of halogens is 5. The number of carbonyl (C=O) groups excluding carboxylic acids is 4. The minimum Gasteiger partial charge on any atom is -0.503 e. The summed E-state index contributed by atoms with van der Waals surface area (Å²) in [6.45, 7) is 2.23. The lowest BCUT2D eigenvalue weighted by atomic mass is 9.56. The number of likely N-dealkylation sites (tertiary alicyclic amines) is 2. The number of hydrogen-bond donors (Lipinski definition) is 1. The van der Waals surface area contributed by atoms with Crippen LogP contribution in [0, 0.1) is 23.6 Å². The van der Waals surface area contributed by atoms with Gasteiger partial charge in [-0.05, 0) is 105 Å². The highest BCUT2D eigenvalue weighted by atomic mass is 79.9. The molecular formula is C39H34Br2Cl2FN3O6. The van der Waals surface area contributed by atoms with E-state index >= 15 is 0 Å². The molecule has 6 atom stereocenters. The lowest BCUT2D eigenvalue weighted by Gasteiger charge is -2.51. The number of anilines is 1. The molecule has 0 bridgehead atoms. The van der Waals surface area contributed by atoms with Gasteiger partial charge in [0.25, 0.3) is 11.8 Å². The fourth-order valence-electron chi connectivity index (χ4n) is 9.28. The van der Waals surface area contributed by atoms with Crippen molar-refractivity contribution in [3.05, 3.63) is 98.2 Å². The summed E-state index contributed by atoms with van der Waals surface area (Å²) in [5.41, 5.74) is 2.26. The number of alkyl halides is 2. The Hall–Kier alpha value is -3.29. The monoisotopic (exact) mass is 887 g/mol. The average Bonchev–Trinajstić information content (AvgIpc) is 3.50. The van der Waals surface area contributed by atoms with Gasteiger partial charge in [-0.25, -0.2) is 9.29 Å². The number of allylic oxidation sites excluding steroid dienone is 2. The summed E-state index contributed by atoms with van der Waals surface area (Å²) < 4.78 is 20.0. The highest BCUT2D eigenvalue weighted by Gasteiger charge is 2.77. The summed E-state index contributed by atoms with van der Waals surface area (Å²) in [5.74, 6) is -6.26. The van der Waals surface area contributed by atoms with Gasteiger partial charge in [0.05, 0.1) is 29.1 Å². The van der Waals surface area contributed by atoms with E-state index in [1.54, 1.807) is 0 Å². The second-order valence-corrected chi connectivity index (χ2v) is 17.3. The number of benzene rings is 3. The Kier molecular flexibility index (Phi) is 9.32. The van der Waals surface area contributed by atoms with Crippen LogP contribution in [0.15, 0.2) is 81.3 Å². The topological polar surface area (TPSA) is 107 Å². The summed E-state index contributed by atoms with van der Waals surface area (Å²) in [6.07, 6.45) is 3.17. The number of hydrogen-bond acceptors (Lipinski definition) is 7. The molecule has 3 aromatic rings. The Balaban J connectivity index is 1.19. The molecule has 2 aliphatic carbocycles. The highest BCUT2D eigenvalue weighted by Crippen LogP contribution is 2.67. The van der Waals surface area contributed by atoms with E-state index in [1.165, 1.54) is 35.8 Å². The lowest BCUT2D eigenvalue weighted by Crippen LogP contribution is -2.60. The molecule has 4 fully saturated rings. The zero-order valence-corrected chi connectivity index (χ0v) is 33.1. The molecule has 276 valence electrons. The van der Waals surface area contributed by atoms with E-state index in [9.17, 15) is 28.7 Å². The van der Waals surface area contributed by atoms with Crippen molar-refractivity contribution in [2.24, 2.45) is 17.8 Å². The predicted molar refractivity (Wildman–Crippen MR) is 203 cm³/mol. The van der Waals surface area contributed by atoms with Crippen LogP contribution in [0.1, 0.15) is 42.7 Å². The number of nitrogens with zero attached hydrogens (tertiary/aromatic N) is 3. The van der Waals surface area contributed by atoms with Crippen LogP contribution < -0.4 is 9.64 Å². The van der Waals surface area contributed by atoms with Crippen molar-refractivity contribution < 1.29 is 33.4 Å². The second kappa shape index (κ2) is 13.5. The summed E-state index contributed by atoms with van der Waals surface area (Å²) in [5, 5.41) is 10.8. The van der Waals surface area contributed by atoms with Gasteiger partial charge in [-0.3, -0.25) is 29.0 Å². The van der Waals surface area contributed by atoms with E-state index in [0.29, 0.717) is 28.5 Å². The fraction of sp³-hybridized carbons (Fsp3) is 0.385. The molecule has 1 saturated carbocycles. The zero-order valence-electron chi connectivity index (χ0n) is 28.4. The SMILES string of the molecule is COc1cc(C2C3=CCC4C(=O)N(C5CCN(Cc6ccccc6)CC5)C(=O)C4C3CC3(Cl)C(=O)N(c4ccc(F)cc4)C(=O)C23Cl)c(Br)c(Br)c1O. The number of carbonyl (C=O) groups is 4. The van der Waals surface area contributed by atoms with E-state index in [0.717, 1.165) is 36.7 Å². The van der Waals surface area contributed by atoms with E-state index in [4.69, 9.17) is 27.9 Å². The van der Waals surface area contributed by atoms with E-state index in [1.807, 2.05) is 24.3 Å². The average molecular weight is 890 g/mol. The normalized spacial score (nSPS) is 30.3. The predicted octanol–water partition coefficient (Wildman–Crippen LogP) is 7.29. The smallest absolute Gasteiger partial charge is 0.258 e. The van der Waals surface area contributed by atoms with Crippen molar-refractivity contribution in [1.82, 2.24) is 9.80 Å². The van der Waals surface area contributed by atoms with Crippen molar-refractivity contribution in [2.75, 3.05) is 25.1 Å². The first-order valence-electron chi connectivity index (χ1n) is 17.4. The van der Waals surface area contributed by atoms with Crippen LogP contribution in [-0.2, 0) is 25.7 Å². The van der Waals surface area contributed by atoms with E-state index in [2.05, 4.69) is 48.9 Å². The first-order valence-corrected chi connectivity index (χ1v) is 19.8. The largest absolute Gasteiger partial charge is 0.503 e. The fourth-order valence-corrected chi connectivity index (χ4v) is 11.2. The molecule has 1 N–H and O–H groups in total. The third-order valence-corrected chi connectivity index (χ3v) is 15.4. The van der Waals surface area contributed by atoms with Crippen molar-refractivity contribution >= 4 is 84.4 Å². The number of piperidine rings is 1. The second-order valence-electron chi connectivity index (χ2n) is 14.4. The van der Waals surface area contributed by atoms with Crippen LogP contribution in [0.2, 0.25) is 0 Å². The molecule has 0 aromatic heterocycles. The third-order valence-electron chi connectivity index (χ3n) is 11.8. The first kappa shape index (κ1) is 36.7. The Morgan fingerprint density at radius 2 is 1.60 bits per heavy atom. The number of ether oxygens (including phenoxy) is 1. The van der Waals surface area contributed by atoms with Crippen molar-refractivity contribution in [3.63, 3.8) is 0 Å². The molecule has 5 aliphatic rings. The molecular weight excluding hydrogens is 856 g/mol. The third kappa shape index (κ3) is 5.44. The molecule has 3 saturated heterocycles. The Labute approximate surface area is 332 Å². The summed E-state index contributed by atoms with van der Waals surface area (Å²) in [4.78, 5) is 58.6. The van der Waals surface area contributed by atoms with Crippen LogP contribution in [0.5, 0.6) is 11.5 Å². The number of imide groups is 2. The van der Waals surface area contributed by atoms with Gasteiger partial charge in [0.15, 0.2) is 21.2 Å². The molecule has 3 heterocycles. The molecule has 14 heteroatoms. The molecule has 0 spiro atoms. The number of methoxy groups -OCH3 is 1. The molecule has 6 unspecified atom stereocenters. The highest BCUT2D eigenvalue weighted by molar-refractivity contribution is 9.13. The zero-order chi connectivity index (χ0) is 37.6. The van der Waals surface area contributed by atoms with Crippen molar-refractivity contribution in [2.45, 2.75) is 53.9 Å². The maximum absolute atomic E-state index is 14.7. The minimum absolute atomic E-state index is 0.0657. The molecule has 4 amide bonds. The van der Waals surface area contributed by atoms with Crippen molar-refractivity contribution in [3.8, 4) is 11.5 Å². The molecule has 9 nitrogen and oxygen atoms in total. The Morgan fingerprint density at radius 1 is 0.925 bits per heavy atom. The standard InChI is InChI=1S/C39H34Br2Cl2FN3O6/c1-53-28-17-26(31(40)32(41)33(28)48)30-24-11-12-25-29(35(50)46(34(25)49)23-13-15-45(16-14-23)19-20-5-3-2-4-6-20)27(24)18-38(42)36(51)47(37(52)39(30,38)43)22-9-7-21(44)8-10-22/h2-11,17,23,25,27,29-30,48H,12-16,18-19H2,1H3. The van der Waals surface area contributed by atoms with E-state index < -0.39 is 51.1 Å². The van der Waals surface area contributed by atoms with Gasteiger partial charge in [-0.15, -0.1) is 23.2 Å². The van der Waals surface area contributed by atoms with Gasteiger partial charge in [0.1, 0.15) is 5.82 Å². The van der Waals surface area contributed by atoms with Gasteiger partial charge in [-0.1, -0.05) is 42.0 Å². The Morgan fingerprint density at radius 3 is 2.26 bits per heavy atom. The van der Waals surface area contributed by atoms with Crippen LogP contribution in [0.25, 0.3) is 0 Å². The summed E-state index contributed by atoms with van der Waals surface area (Å²) >= 11 is 22.0. The van der Waals surface area contributed by atoms with Gasteiger partial charge in [0.2, 0.25) is 11.8 Å². The van der Waals surface area contributed by atoms with Crippen LogP contribution in [-0.4, -0.2) is 74.5 Å². The number of rotatable bonds is 6. The summed E-state index contributed by atoms with van der Waals surface area (Å²) in [6, 6.07) is 16.3. The summed E-state index contributed by atoms with van der Waals surface area (Å²) in [7, 11) is 1.37. The molecule has 8 rings (SSSR count). The number of phenols is 1. The molecule has 3 aliphatic heterocycles. The van der Waals surface area contributed by atoms with Gasteiger partial charge in [0, 0.05) is 36.1 Å². The quantitative estimate of drug-likeness (QED) is 0.158. The number of fused-ring (bicyclic) bond motifs is 4. The maximum Gasteiger partial charge on any atom is 0.258 e. The van der Waals surface area contributed by atoms with Crippen LogP contribution in [0.4, 0.5) is 10.1 Å².